The Morgan fingerprint density at radius 2 is 1.52 bits per heavy atom. The van der Waals surface area contributed by atoms with Crippen LogP contribution in [0.25, 0.3) is 44.3 Å². The van der Waals surface area contributed by atoms with E-state index in [1.54, 1.807) is 6.07 Å². The van der Waals surface area contributed by atoms with Crippen LogP contribution in [0.2, 0.25) is 10.0 Å². The van der Waals surface area contributed by atoms with Gasteiger partial charge < -0.3 is 28.3 Å². The summed E-state index contributed by atoms with van der Waals surface area (Å²) in [4.78, 5) is 69.2. The first kappa shape index (κ1) is 33.3. The van der Waals surface area contributed by atoms with Gasteiger partial charge in [0.2, 0.25) is 19.0 Å². The lowest BCUT2D eigenvalue weighted by Gasteiger charge is -2.37. The minimum atomic E-state index is -0.958. The van der Waals surface area contributed by atoms with Crippen molar-refractivity contribution in [3.63, 3.8) is 0 Å². The van der Waals surface area contributed by atoms with Gasteiger partial charge in [0.15, 0.2) is 0 Å². The lowest BCUT2D eigenvalue weighted by molar-refractivity contribution is -0.150. The highest BCUT2D eigenvalue weighted by Gasteiger charge is 2.31. The van der Waals surface area contributed by atoms with Gasteiger partial charge in [0.1, 0.15) is 17.0 Å². The standard InChI is InChI=1S/C36H28Cl2N2O10/c1-17(41)46-15-48-35(44)26-11-20(37)10-23-22(13-28(39-32(23)26)36(45)49-16-47-18(2)42)31-24-12-27(38)29(43)14-30(24)50-34-21-6-4-8-40-7-3-5-19(33(21)40)9-25(31)34/h9-14H,3-8,15-16H2,1-2H3. The summed E-state index contributed by atoms with van der Waals surface area (Å²) in [5.41, 5.74) is 4.47. The van der Waals surface area contributed by atoms with E-state index >= 15 is 0 Å². The van der Waals surface area contributed by atoms with Crippen LogP contribution in [0.4, 0.5) is 5.69 Å². The van der Waals surface area contributed by atoms with Crippen molar-refractivity contribution in [2.75, 3.05) is 31.6 Å². The fraction of sp³-hybridized carbons (Fsp3) is 0.278. The van der Waals surface area contributed by atoms with Gasteiger partial charge in [0.05, 0.1) is 16.1 Å². The molecule has 3 aromatic rings. The smallest absolute Gasteiger partial charge is 0.359 e. The highest BCUT2D eigenvalue weighted by molar-refractivity contribution is 6.33. The second kappa shape index (κ2) is 13.3. The monoisotopic (exact) mass is 718 g/mol. The normalized spacial score (nSPS) is 13.6. The first-order valence-electron chi connectivity index (χ1n) is 15.8. The Balaban J connectivity index is 1.56. The van der Waals surface area contributed by atoms with Gasteiger partial charge in [-0.25, -0.2) is 14.6 Å². The number of fused-ring (bicyclic) bond motifs is 4. The third-order valence-corrected chi connectivity index (χ3v) is 9.25. The zero-order valence-corrected chi connectivity index (χ0v) is 28.4. The zero-order valence-electron chi connectivity index (χ0n) is 26.9. The van der Waals surface area contributed by atoms with E-state index in [9.17, 15) is 24.0 Å². The Labute approximate surface area is 294 Å². The summed E-state index contributed by atoms with van der Waals surface area (Å²) in [7, 11) is 0. The third kappa shape index (κ3) is 6.09. The Morgan fingerprint density at radius 1 is 0.820 bits per heavy atom. The Kier molecular flexibility index (Phi) is 8.83. The van der Waals surface area contributed by atoms with Gasteiger partial charge >= 0.3 is 23.9 Å². The van der Waals surface area contributed by atoms with Crippen LogP contribution in [-0.2, 0) is 41.4 Å². The Hall–Kier alpha value is -5.20. The summed E-state index contributed by atoms with van der Waals surface area (Å²) < 4.78 is 26.5. The highest BCUT2D eigenvalue weighted by atomic mass is 35.5. The molecule has 1 aromatic heterocycles. The number of pyridine rings is 1. The van der Waals surface area contributed by atoms with E-state index in [2.05, 4.69) is 16.0 Å². The fourth-order valence-electron chi connectivity index (χ4n) is 6.74. The number of hydrogen-bond donors (Lipinski definition) is 0. The average Bonchev–Trinajstić information content (AvgIpc) is 3.07. The SMILES string of the molecule is CC(=O)OCOC(=O)c1cc(-c2c3cc(Cl)c(=O)cc-3oc3c4c5c(cc23)CCCN5CCC4)c2cc(Cl)cc(C(=O)OCOC(C)=O)c2n1. The summed E-state index contributed by atoms with van der Waals surface area (Å²) in [5, 5.41) is 1.13. The maximum atomic E-state index is 13.4. The molecule has 3 aliphatic heterocycles. The van der Waals surface area contributed by atoms with Crippen LogP contribution in [-0.4, -0.2) is 55.5 Å². The molecule has 0 bridgehead atoms. The van der Waals surface area contributed by atoms with Crippen LogP contribution in [0.3, 0.4) is 0 Å². The van der Waals surface area contributed by atoms with Crippen LogP contribution >= 0.6 is 23.2 Å². The molecule has 0 spiro atoms. The quantitative estimate of drug-likeness (QED) is 0.103. The van der Waals surface area contributed by atoms with E-state index in [1.807, 2.05) is 0 Å². The number of rotatable bonds is 7. The van der Waals surface area contributed by atoms with Crippen molar-refractivity contribution in [1.29, 1.82) is 0 Å². The van der Waals surface area contributed by atoms with E-state index in [-0.39, 0.29) is 32.6 Å². The first-order valence-corrected chi connectivity index (χ1v) is 16.5. The molecule has 50 heavy (non-hydrogen) atoms. The lowest BCUT2D eigenvalue weighted by atomic mass is 9.85. The number of benzene rings is 3. The molecule has 4 aliphatic rings. The number of esters is 4. The summed E-state index contributed by atoms with van der Waals surface area (Å²) in [6.45, 7) is 2.83. The molecule has 0 saturated carbocycles. The number of carbonyl (C=O) groups is 4. The summed E-state index contributed by atoms with van der Waals surface area (Å²) in [6, 6.07) is 9.29. The van der Waals surface area contributed by atoms with Crippen molar-refractivity contribution in [1.82, 2.24) is 4.98 Å². The van der Waals surface area contributed by atoms with Crippen LogP contribution in [0.15, 0.2) is 45.6 Å². The van der Waals surface area contributed by atoms with Crippen molar-refractivity contribution in [2.24, 2.45) is 0 Å². The number of ether oxygens (including phenoxy) is 4. The van der Waals surface area contributed by atoms with Gasteiger partial charge in [-0.15, -0.1) is 0 Å². The minimum absolute atomic E-state index is 0.0123. The largest absolute Gasteiger partial charge is 0.456 e. The predicted molar refractivity (Wildman–Crippen MR) is 183 cm³/mol. The number of anilines is 1. The molecule has 2 aromatic carbocycles. The molecule has 4 heterocycles. The average molecular weight is 720 g/mol. The molecule has 0 fully saturated rings. The number of aromatic nitrogens is 1. The van der Waals surface area contributed by atoms with Crippen molar-refractivity contribution in [2.45, 2.75) is 39.5 Å². The maximum absolute atomic E-state index is 13.4. The van der Waals surface area contributed by atoms with Gasteiger partial charge in [-0.3, -0.25) is 14.4 Å². The Bertz CT molecular complexity index is 2300. The van der Waals surface area contributed by atoms with Gasteiger partial charge in [0.25, 0.3) is 0 Å². The van der Waals surface area contributed by atoms with E-state index < -0.39 is 42.9 Å². The van der Waals surface area contributed by atoms with Crippen molar-refractivity contribution in [3.8, 4) is 22.5 Å². The van der Waals surface area contributed by atoms with E-state index in [0.717, 1.165) is 69.4 Å². The number of aryl methyl sites for hydroxylation is 2. The number of nitrogens with zero attached hydrogens (tertiary/aromatic N) is 2. The van der Waals surface area contributed by atoms with Gasteiger partial charge in [-0.1, -0.05) is 23.2 Å². The van der Waals surface area contributed by atoms with Gasteiger partial charge in [-0.05, 0) is 67.1 Å². The number of halogens is 2. The molecule has 14 heteroatoms. The highest BCUT2D eigenvalue weighted by Crippen LogP contribution is 2.49. The predicted octanol–water partition coefficient (Wildman–Crippen LogP) is 6.47. The number of carbonyl (C=O) groups excluding carboxylic acids is 4. The summed E-state index contributed by atoms with van der Waals surface area (Å²) in [6.07, 6.45) is 3.46. The summed E-state index contributed by atoms with van der Waals surface area (Å²) in [5.74, 6) is -2.95. The second-order valence-electron chi connectivity index (χ2n) is 12.0. The molecular formula is C36H28Cl2N2O10. The number of hydrogen-bond acceptors (Lipinski definition) is 12. The molecule has 0 amide bonds. The topological polar surface area (TPSA) is 152 Å². The molecule has 12 nitrogen and oxygen atoms in total. The molecule has 1 aliphatic carbocycles. The molecule has 256 valence electrons. The molecule has 0 unspecified atom stereocenters. The minimum Gasteiger partial charge on any atom is -0.456 e. The van der Waals surface area contributed by atoms with Gasteiger partial charge in [0, 0.05) is 71.2 Å². The van der Waals surface area contributed by atoms with Crippen LogP contribution in [0.5, 0.6) is 0 Å². The van der Waals surface area contributed by atoms with Crippen LogP contribution in [0.1, 0.15) is 58.7 Å². The van der Waals surface area contributed by atoms with Crippen LogP contribution in [0, 0.1) is 0 Å². The molecule has 0 saturated heterocycles. The molecule has 0 N–H and O–H groups in total. The fourth-order valence-corrected chi connectivity index (χ4v) is 7.12. The van der Waals surface area contributed by atoms with E-state index in [1.165, 1.54) is 24.3 Å². The second-order valence-corrected chi connectivity index (χ2v) is 12.8. The Morgan fingerprint density at radius 3 is 2.24 bits per heavy atom. The van der Waals surface area contributed by atoms with Gasteiger partial charge in [-0.2, -0.15) is 0 Å². The molecular weight excluding hydrogens is 691 g/mol. The van der Waals surface area contributed by atoms with E-state index in [0.29, 0.717) is 33.0 Å². The molecule has 0 atom stereocenters. The molecule has 0 radical (unpaired) electrons. The van der Waals surface area contributed by atoms with Crippen LogP contribution < -0.4 is 10.3 Å². The summed E-state index contributed by atoms with van der Waals surface area (Å²) >= 11 is 13.1. The third-order valence-electron chi connectivity index (χ3n) is 8.74. The maximum Gasteiger partial charge on any atom is 0.359 e. The van der Waals surface area contributed by atoms with Crippen molar-refractivity contribution < 1.29 is 42.5 Å². The lowest BCUT2D eigenvalue weighted by Crippen LogP contribution is -2.34. The molecule has 7 rings (SSSR count). The van der Waals surface area contributed by atoms with E-state index in [4.69, 9.17) is 46.6 Å². The van der Waals surface area contributed by atoms with Crippen molar-refractivity contribution >= 4 is 74.6 Å². The van der Waals surface area contributed by atoms with Crippen molar-refractivity contribution in [3.05, 3.63) is 79.1 Å². The first-order chi connectivity index (χ1) is 24.0. The zero-order chi connectivity index (χ0) is 35.3.